The molecule has 0 aromatic carbocycles. The van der Waals surface area contributed by atoms with Gasteiger partial charge in [0.15, 0.2) is 0 Å². The lowest BCUT2D eigenvalue weighted by Crippen LogP contribution is -2.47. The molecule has 21 heavy (non-hydrogen) atoms. The number of aromatic nitrogens is 1. The van der Waals surface area contributed by atoms with Gasteiger partial charge in [-0.3, -0.25) is 9.59 Å². The molecule has 116 valence electrons. The van der Waals surface area contributed by atoms with Gasteiger partial charge in [-0.25, -0.2) is 12.7 Å². The highest BCUT2D eigenvalue weighted by Gasteiger charge is 2.25. The van der Waals surface area contributed by atoms with Crippen LogP contribution in [0.25, 0.3) is 0 Å². The summed E-state index contributed by atoms with van der Waals surface area (Å²) in [4.78, 5) is 23.4. The summed E-state index contributed by atoms with van der Waals surface area (Å²) < 4.78 is 25.5. The van der Waals surface area contributed by atoms with Crippen LogP contribution in [0.4, 0.5) is 0 Å². The van der Waals surface area contributed by atoms with Gasteiger partial charge >= 0.3 is 0 Å². The molecule has 7 nitrogen and oxygen atoms in total. The van der Waals surface area contributed by atoms with E-state index in [0.717, 1.165) is 0 Å². The largest absolute Gasteiger partial charge is 0.352 e. The average Bonchev–Trinajstić information content (AvgIpc) is 2.41. The molecule has 0 saturated carbocycles. The first-order chi connectivity index (χ1) is 9.86. The van der Waals surface area contributed by atoms with Gasteiger partial charge in [0.05, 0.1) is 6.26 Å². The molecule has 0 unspecified atom stereocenters. The molecular formula is C13H19N3O4S. The normalized spacial score (nSPS) is 17.6. The molecular weight excluding hydrogens is 294 g/mol. The minimum atomic E-state index is -3.16. The van der Waals surface area contributed by atoms with E-state index in [1.54, 1.807) is 18.3 Å². The summed E-state index contributed by atoms with van der Waals surface area (Å²) in [7, 11) is -3.16. The highest BCUT2D eigenvalue weighted by Crippen LogP contribution is 2.13. The highest BCUT2D eigenvalue weighted by atomic mass is 32.2. The Morgan fingerprint density at radius 3 is 2.57 bits per heavy atom. The van der Waals surface area contributed by atoms with Crippen LogP contribution in [0, 0.1) is 0 Å². The molecule has 0 aliphatic carbocycles. The minimum Gasteiger partial charge on any atom is -0.352 e. The molecule has 0 bridgehead atoms. The number of rotatable bonds is 4. The molecule has 1 N–H and O–H groups in total. The summed E-state index contributed by atoms with van der Waals surface area (Å²) in [6, 6.07) is 4.67. The molecule has 2 heterocycles. The van der Waals surface area contributed by atoms with Crippen LogP contribution in [0.2, 0.25) is 0 Å². The van der Waals surface area contributed by atoms with E-state index in [0.29, 0.717) is 25.9 Å². The summed E-state index contributed by atoms with van der Waals surface area (Å²) in [6.07, 6.45) is 3.92. The van der Waals surface area contributed by atoms with Crippen molar-refractivity contribution >= 4 is 15.9 Å². The Bertz CT molecular complexity index is 660. The van der Waals surface area contributed by atoms with Crippen LogP contribution in [-0.2, 0) is 21.4 Å². The third-order valence-corrected chi connectivity index (χ3v) is 4.80. The van der Waals surface area contributed by atoms with Crippen molar-refractivity contribution in [2.24, 2.45) is 0 Å². The summed E-state index contributed by atoms with van der Waals surface area (Å²) in [5, 5.41) is 2.85. The Hall–Kier alpha value is -1.67. The number of carbonyl (C=O) groups excluding carboxylic acids is 1. The van der Waals surface area contributed by atoms with Crippen LogP contribution in [0.3, 0.4) is 0 Å². The maximum absolute atomic E-state index is 11.9. The molecule has 1 aliphatic heterocycles. The number of nitrogens with one attached hydrogen (secondary N) is 1. The van der Waals surface area contributed by atoms with E-state index in [9.17, 15) is 18.0 Å². The van der Waals surface area contributed by atoms with Gasteiger partial charge < -0.3 is 9.88 Å². The lowest BCUT2D eigenvalue weighted by molar-refractivity contribution is -0.122. The zero-order chi connectivity index (χ0) is 15.5. The minimum absolute atomic E-state index is 0.0219. The van der Waals surface area contributed by atoms with Crippen LogP contribution >= 0.6 is 0 Å². The second-order valence-corrected chi connectivity index (χ2v) is 7.15. The molecule has 1 fully saturated rings. The van der Waals surface area contributed by atoms with Gasteiger partial charge in [0.2, 0.25) is 15.9 Å². The third kappa shape index (κ3) is 4.40. The first kappa shape index (κ1) is 15.7. The summed E-state index contributed by atoms with van der Waals surface area (Å²) in [5.74, 6) is -0.235. The Labute approximate surface area is 123 Å². The Balaban J connectivity index is 1.85. The quantitative estimate of drug-likeness (QED) is 0.803. The fourth-order valence-corrected chi connectivity index (χ4v) is 3.23. The Morgan fingerprint density at radius 1 is 1.33 bits per heavy atom. The number of carbonyl (C=O) groups is 1. The van der Waals surface area contributed by atoms with E-state index in [-0.39, 0.29) is 24.1 Å². The molecule has 0 radical (unpaired) electrons. The summed E-state index contributed by atoms with van der Waals surface area (Å²) in [5.41, 5.74) is -0.223. The maximum Gasteiger partial charge on any atom is 0.250 e. The first-order valence-corrected chi connectivity index (χ1v) is 8.61. The summed E-state index contributed by atoms with van der Waals surface area (Å²) in [6.45, 7) is 0.802. The number of pyridine rings is 1. The van der Waals surface area contributed by atoms with Crippen molar-refractivity contribution in [3.05, 3.63) is 34.7 Å². The van der Waals surface area contributed by atoms with Crippen LogP contribution in [0.1, 0.15) is 12.8 Å². The van der Waals surface area contributed by atoms with Gasteiger partial charge in [0.1, 0.15) is 6.54 Å². The fourth-order valence-electron chi connectivity index (χ4n) is 2.35. The van der Waals surface area contributed by atoms with Gasteiger partial charge in [-0.1, -0.05) is 6.07 Å². The van der Waals surface area contributed by atoms with E-state index in [1.807, 2.05) is 0 Å². The van der Waals surface area contributed by atoms with Gasteiger partial charge in [-0.15, -0.1) is 0 Å². The van der Waals surface area contributed by atoms with Crippen molar-refractivity contribution in [2.75, 3.05) is 19.3 Å². The van der Waals surface area contributed by atoms with Gasteiger partial charge in [-0.2, -0.15) is 0 Å². The van der Waals surface area contributed by atoms with Gasteiger partial charge in [0.25, 0.3) is 5.56 Å². The monoisotopic (exact) mass is 313 g/mol. The maximum atomic E-state index is 11.9. The second kappa shape index (κ2) is 6.40. The molecule has 1 aromatic heterocycles. The Morgan fingerprint density at radius 2 is 2.00 bits per heavy atom. The SMILES string of the molecule is CS(=O)(=O)N1CCC(NC(=O)Cn2ccccc2=O)CC1. The third-order valence-electron chi connectivity index (χ3n) is 3.50. The fraction of sp³-hybridized carbons (Fsp3) is 0.538. The number of nitrogens with zero attached hydrogens (tertiary/aromatic N) is 2. The smallest absolute Gasteiger partial charge is 0.250 e. The Kier molecular flexibility index (Phi) is 4.79. The lowest BCUT2D eigenvalue weighted by Gasteiger charge is -2.30. The van der Waals surface area contributed by atoms with Crippen LogP contribution in [0.5, 0.6) is 0 Å². The molecule has 1 amide bonds. The second-order valence-electron chi connectivity index (χ2n) is 5.17. The van der Waals surface area contributed by atoms with Crippen molar-refractivity contribution in [3.63, 3.8) is 0 Å². The molecule has 8 heteroatoms. The van der Waals surface area contributed by atoms with E-state index < -0.39 is 10.0 Å². The van der Waals surface area contributed by atoms with Crippen molar-refractivity contribution in [1.29, 1.82) is 0 Å². The van der Waals surface area contributed by atoms with Crippen molar-refractivity contribution in [2.45, 2.75) is 25.4 Å². The van der Waals surface area contributed by atoms with Crippen molar-refractivity contribution in [1.82, 2.24) is 14.2 Å². The number of hydrogen-bond donors (Lipinski definition) is 1. The molecule has 1 aromatic rings. The average molecular weight is 313 g/mol. The number of hydrogen-bond acceptors (Lipinski definition) is 4. The zero-order valence-corrected chi connectivity index (χ0v) is 12.7. The van der Waals surface area contributed by atoms with Gasteiger partial charge in [-0.05, 0) is 18.9 Å². The molecule has 1 saturated heterocycles. The molecule has 1 aliphatic rings. The standard InChI is InChI=1S/C13H19N3O4S/c1-21(19,20)16-8-5-11(6-9-16)14-12(17)10-15-7-3-2-4-13(15)18/h2-4,7,11H,5-6,8-10H2,1H3,(H,14,17). The van der Waals surface area contributed by atoms with E-state index in [1.165, 1.54) is 21.2 Å². The van der Waals surface area contributed by atoms with Crippen molar-refractivity contribution < 1.29 is 13.2 Å². The van der Waals surface area contributed by atoms with Crippen molar-refractivity contribution in [3.8, 4) is 0 Å². The highest BCUT2D eigenvalue weighted by molar-refractivity contribution is 7.88. The van der Waals surface area contributed by atoms with Gasteiger partial charge in [0, 0.05) is 31.4 Å². The molecule has 0 spiro atoms. The molecule has 0 atom stereocenters. The topological polar surface area (TPSA) is 88.5 Å². The predicted molar refractivity (Wildman–Crippen MR) is 78.3 cm³/mol. The van der Waals surface area contributed by atoms with E-state index >= 15 is 0 Å². The predicted octanol–water partition coefficient (Wildman–Crippen LogP) is -0.611. The number of piperidine rings is 1. The van der Waals surface area contributed by atoms with E-state index in [4.69, 9.17) is 0 Å². The van der Waals surface area contributed by atoms with Crippen LogP contribution in [-0.4, -0.2) is 48.6 Å². The summed E-state index contributed by atoms with van der Waals surface area (Å²) >= 11 is 0. The first-order valence-electron chi connectivity index (χ1n) is 6.76. The molecule has 2 rings (SSSR count). The lowest BCUT2D eigenvalue weighted by atomic mass is 10.1. The zero-order valence-electron chi connectivity index (χ0n) is 11.9. The van der Waals surface area contributed by atoms with E-state index in [2.05, 4.69) is 5.32 Å². The number of amides is 1. The number of sulfonamides is 1. The van der Waals surface area contributed by atoms with Crippen LogP contribution in [0.15, 0.2) is 29.2 Å². The van der Waals surface area contributed by atoms with Crippen LogP contribution < -0.4 is 10.9 Å².